The number of amides is 2. The van der Waals surface area contributed by atoms with Crippen LogP contribution in [0.2, 0.25) is 0 Å². The molecular formula is C25H22F6N4O4. The Labute approximate surface area is 218 Å². The molecule has 2 aromatic rings. The van der Waals surface area contributed by atoms with Gasteiger partial charge in [0, 0.05) is 54.9 Å². The molecule has 0 aliphatic carbocycles. The molecule has 2 aliphatic rings. The van der Waals surface area contributed by atoms with Crippen LogP contribution < -0.4 is 9.47 Å². The lowest BCUT2D eigenvalue weighted by molar-refractivity contribution is -0.126. The highest BCUT2D eigenvalue weighted by molar-refractivity contribution is 6.09. The van der Waals surface area contributed by atoms with Crippen LogP contribution in [0.25, 0.3) is 0 Å². The second kappa shape index (κ2) is 11.7. The van der Waals surface area contributed by atoms with Gasteiger partial charge in [-0.2, -0.15) is 13.9 Å². The number of hydrogen-bond donors (Lipinski definition) is 0. The van der Waals surface area contributed by atoms with Crippen molar-refractivity contribution < 1.29 is 45.4 Å². The van der Waals surface area contributed by atoms with E-state index in [-0.39, 0.29) is 42.4 Å². The standard InChI is InChI=1S/C25H22F6N4O4/c1-38-15-8-18(26)22(19(27)9-15)17-11-35(21-6-7-34(33-21)12-20(28)29)24(37)16(17)10-32-23(36)13-2-4-14(5-3-13)39-25(30)31/h2-5,8-10,16-17,20,25H,6-7,11-12H2,1H3/t16?,17-/m1/s1. The SMILES string of the molecule is COc1cc(F)c([C@@H]2CN(C3=NN(CC(F)F)CC3)C(=O)C2C=NC(=O)c2ccc(OC(F)F)cc2)c(F)c1. The highest BCUT2D eigenvalue weighted by Crippen LogP contribution is 2.38. The first-order valence-corrected chi connectivity index (χ1v) is 11.7. The number of nitrogens with zero attached hydrogens (tertiary/aromatic N) is 4. The summed E-state index contributed by atoms with van der Waals surface area (Å²) in [5.74, 6) is -6.07. The number of rotatable bonds is 8. The lowest BCUT2D eigenvalue weighted by Gasteiger charge is -2.17. The van der Waals surface area contributed by atoms with E-state index >= 15 is 8.78 Å². The highest BCUT2D eigenvalue weighted by atomic mass is 19.3. The largest absolute Gasteiger partial charge is 0.497 e. The van der Waals surface area contributed by atoms with E-state index in [1.54, 1.807) is 0 Å². The molecule has 1 fully saturated rings. The number of aliphatic imine (C=N–C) groups is 1. The molecule has 39 heavy (non-hydrogen) atoms. The van der Waals surface area contributed by atoms with E-state index in [1.807, 2.05) is 0 Å². The second-order valence-corrected chi connectivity index (χ2v) is 8.64. The van der Waals surface area contributed by atoms with Crippen molar-refractivity contribution in [1.29, 1.82) is 0 Å². The van der Waals surface area contributed by atoms with Gasteiger partial charge in [-0.05, 0) is 24.3 Å². The molecule has 0 N–H and O–H groups in total. The molecule has 8 nitrogen and oxygen atoms in total. The van der Waals surface area contributed by atoms with Crippen LogP contribution in [-0.4, -0.2) is 73.6 Å². The molecule has 2 aromatic carbocycles. The van der Waals surface area contributed by atoms with Gasteiger partial charge in [0.2, 0.25) is 5.91 Å². The first kappa shape index (κ1) is 27.9. The van der Waals surface area contributed by atoms with Gasteiger partial charge >= 0.3 is 6.61 Å². The molecule has 2 amide bonds. The summed E-state index contributed by atoms with van der Waals surface area (Å²) in [4.78, 5) is 30.9. The van der Waals surface area contributed by atoms with E-state index in [0.717, 1.165) is 40.4 Å². The fourth-order valence-electron chi connectivity index (χ4n) is 4.43. The molecular weight excluding hydrogens is 534 g/mol. The predicted molar refractivity (Wildman–Crippen MR) is 126 cm³/mol. The van der Waals surface area contributed by atoms with Gasteiger partial charge in [0.15, 0.2) is 0 Å². The molecule has 0 saturated carbocycles. The Balaban J connectivity index is 1.63. The fraction of sp³-hybridized carbons (Fsp3) is 0.360. The summed E-state index contributed by atoms with van der Waals surface area (Å²) in [5.41, 5.74) is -0.455. The molecule has 14 heteroatoms. The van der Waals surface area contributed by atoms with Crippen molar-refractivity contribution in [3.05, 3.63) is 59.2 Å². The average molecular weight is 556 g/mol. The van der Waals surface area contributed by atoms with Crippen LogP contribution >= 0.6 is 0 Å². The molecule has 1 unspecified atom stereocenters. The summed E-state index contributed by atoms with van der Waals surface area (Å²) in [6.45, 7) is -3.81. The molecule has 2 atom stereocenters. The van der Waals surface area contributed by atoms with Crippen molar-refractivity contribution in [2.24, 2.45) is 16.0 Å². The first-order chi connectivity index (χ1) is 18.6. The van der Waals surface area contributed by atoms with Crippen LogP contribution in [-0.2, 0) is 4.79 Å². The Morgan fingerprint density at radius 1 is 1.13 bits per heavy atom. The van der Waals surface area contributed by atoms with Crippen LogP contribution in [0.15, 0.2) is 46.5 Å². The Kier molecular flexibility index (Phi) is 8.41. The number of amidine groups is 1. The topological polar surface area (TPSA) is 83.8 Å². The molecule has 0 radical (unpaired) electrons. The number of alkyl halides is 4. The van der Waals surface area contributed by atoms with Crippen molar-refractivity contribution in [1.82, 2.24) is 9.91 Å². The minimum absolute atomic E-state index is 0.0173. The number of hydrogen-bond acceptors (Lipinski definition) is 6. The number of methoxy groups -OCH3 is 1. The summed E-state index contributed by atoms with van der Waals surface area (Å²) >= 11 is 0. The van der Waals surface area contributed by atoms with Crippen molar-refractivity contribution in [3.63, 3.8) is 0 Å². The van der Waals surface area contributed by atoms with Gasteiger partial charge < -0.3 is 9.47 Å². The maximum absolute atomic E-state index is 15.0. The van der Waals surface area contributed by atoms with Gasteiger partial charge in [-0.1, -0.05) is 0 Å². The van der Waals surface area contributed by atoms with Gasteiger partial charge in [-0.15, -0.1) is 0 Å². The van der Waals surface area contributed by atoms with E-state index in [2.05, 4.69) is 14.8 Å². The van der Waals surface area contributed by atoms with E-state index in [9.17, 15) is 27.2 Å². The smallest absolute Gasteiger partial charge is 0.387 e. The zero-order valence-corrected chi connectivity index (χ0v) is 20.4. The number of likely N-dealkylation sites (tertiary alicyclic amines) is 1. The van der Waals surface area contributed by atoms with Crippen LogP contribution in [0, 0.1) is 17.6 Å². The summed E-state index contributed by atoms with van der Waals surface area (Å²) in [6, 6.07) is 6.53. The minimum atomic E-state index is -3.05. The number of halogens is 6. The number of hydrazone groups is 1. The van der Waals surface area contributed by atoms with Crippen LogP contribution in [0.5, 0.6) is 11.5 Å². The van der Waals surface area contributed by atoms with Crippen LogP contribution in [0.1, 0.15) is 28.3 Å². The molecule has 1 saturated heterocycles. The van der Waals surface area contributed by atoms with E-state index < -0.39 is 60.4 Å². The zero-order valence-electron chi connectivity index (χ0n) is 20.4. The van der Waals surface area contributed by atoms with Gasteiger partial charge in [0.25, 0.3) is 12.3 Å². The molecule has 0 spiro atoms. The quantitative estimate of drug-likeness (QED) is 0.358. The monoisotopic (exact) mass is 556 g/mol. The van der Waals surface area contributed by atoms with Gasteiger partial charge in [0.1, 0.15) is 29.0 Å². The lowest BCUT2D eigenvalue weighted by Crippen LogP contribution is -2.33. The second-order valence-electron chi connectivity index (χ2n) is 8.64. The minimum Gasteiger partial charge on any atom is -0.497 e. The average Bonchev–Trinajstić information content (AvgIpc) is 3.45. The Morgan fingerprint density at radius 3 is 2.38 bits per heavy atom. The van der Waals surface area contributed by atoms with Crippen molar-refractivity contribution in [3.8, 4) is 11.5 Å². The Hall–Kier alpha value is -4.10. The van der Waals surface area contributed by atoms with Crippen LogP contribution in [0.4, 0.5) is 26.3 Å². The van der Waals surface area contributed by atoms with Crippen molar-refractivity contribution in [2.45, 2.75) is 25.4 Å². The number of ether oxygens (including phenoxy) is 2. The number of benzene rings is 2. The molecule has 2 aliphatic heterocycles. The molecule has 208 valence electrons. The Bertz CT molecular complexity index is 1260. The van der Waals surface area contributed by atoms with Gasteiger partial charge in [-0.3, -0.25) is 19.5 Å². The summed E-state index contributed by atoms with van der Waals surface area (Å²) < 4.78 is 89.4. The normalized spacial score (nSPS) is 19.5. The van der Waals surface area contributed by atoms with Gasteiger partial charge in [0.05, 0.1) is 19.6 Å². The summed E-state index contributed by atoms with van der Waals surface area (Å²) in [7, 11) is 1.23. The fourth-order valence-corrected chi connectivity index (χ4v) is 4.43. The molecule has 2 heterocycles. The van der Waals surface area contributed by atoms with Crippen LogP contribution in [0.3, 0.4) is 0 Å². The predicted octanol–water partition coefficient (Wildman–Crippen LogP) is 4.31. The van der Waals surface area contributed by atoms with E-state index in [1.165, 1.54) is 19.2 Å². The number of carbonyl (C=O) groups excluding carboxylic acids is 2. The van der Waals surface area contributed by atoms with Gasteiger partial charge in [-0.25, -0.2) is 22.6 Å². The van der Waals surface area contributed by atoms with Crippen molar-refractivity contribution in [2.75, 3.05) is 26.7 Å². The summed E-state index contributed by atoms with van der Waals surface area (Å²) in [5, 5.41) is 5.16. The third kappa shape index (κ3) is 6.32. The zero-order chi connectivity index (χ0) is 28.3. The first-order valence-electron chi connectivity index (χ1n) is 11.7. The highest BCUT2D eigenvalue weighted by Gasteiger charge is 2.45. The maximum atomic E-state index is 15.0. The molecule has 4 rings (SSSR count). The third-order valence-corrected chi connectivity index (χ3v) is 6.21. The lowest BCUT2D eigenvalue weighted by atomic mass is 9.88. The summed E-state index contributed by atoms with van der Waals surface area (Å²) in [6.07, 6.45) is -1.54. The van der Waals surface area contributed by atoms with Crippen molar-refractivity contribution >= 4 is 23.9 Å². The Morgan fingerprint density at radius 2 is 1.79 bits per heavy atom. The molecule has 0 aromatic heterocycles. The van der Waals surface area contributed by atoms with E-state index in [0.29, 0.717) is 0 Å². The van der Waals surface area contributed by atoms with E-state index in [4.69, 9.17) is 4.74 Å². The number of carbonyl (C=O) groups is 2. The molecule has 0 bridgehead atoms. The third-order valence-electron chi connectivity index (χ3n) is 6.21. The maximum Gasteiger partial charge on any atom is 0.387 e.